The lowest BCUT2D eigenvalue weighted by Crippen LogP contribution is -2.28. The first-order chi connectivity index (χ1) is 14.5. The Kier molecular flexibility index (Phi) is 4.20. The number of nitrogens with two attached hydrogens (primary N) is 1. The van der Waals surface area contributed by atoms with E-state index in [1.54, 1.807) is 4.57 Å². The normalized spacial score (nSPS) is 12.8. The van der Waals surface area contributed by atoms with Crippen LogP contribution in [-0.2, 0) is 0 Å². The van der Waals surface area contributed by atoms with Crippen molar-refractivity contribution in [3.8, 4) is 17.2 Å². The summed E-state index contributed by atoms with van der Waals surface area (Å²) in [6.07, 6.45) is 0. The lowest BCUT2D eigenvalue weighted by atomic mass is 10.2. The molecule has 0 spiro atoms. The first kappa shape index (κ1) is 18.2. The van der Waals surface area contributed by atoms with E-state index < -0.39 is 0 Å². The van der Waals surface area contributed by atoms with Crippen molar-refractivity contribution in [3.63, 3.8) is 0 Å². The summed E-state index contributed by atoms with van der Waals surface area (Å²) in [5, 5.41) is 2.94. The van der Waals surface area contributed by atoms with E-state index in [4.69, 9.17) is 25.2 Å². The van der Waals surface area contributed by atoms with E-state index in [2.05, 4.69) is 5.32 Å². The molecule has 152 valence electrons. The molecule has 0 saturated heterocycles. The smallest absolute Gasteiger partial charge is 0.257 e. The lowest BCUT2D eigenvalue weighted by Gasteiger charge is -2.09. The van der Waals surface area contributed by atoms with Crippen molar-refractivity contribution < 1.29 is 14.3 Å². The van der Waals surface area contributed by atoms with E-state index in [0.717, 1.165) is 5.52 Å². The second kappa shape index (κ2) is 6.91. The van der Waals surface area contributed by atoms with Gasteiger partial charge in [-0.1, -0.05) is 26.0 Å². The Morgan fingerprint density at radius 2 is 1.87 bits per heavy atom. The molecule has 0 fully saturated rings. The predicted molar refractivity (Wildman–Crippen MR) is 114 cm³/mol. The number of ether oxygens (including phenoxy) is 2. The Hall–Kier alpha value is -3.81. The Labute approximate surface area is 172 Å². The molecule has 0 radical (unpaired) electrons. The Morgan fingerprint density at radius 1 is 1.13 bits per heavy atom. The van der Waals surface area contributed by atoms with Gasteiger partial charge in [-0.25, -0.2) is 9.97 Å². The van der Waals surface area contributed by atoms with Gasteiger partial charge in [-0.2, -0.15) is 0 Å². The maximum atomic E-state index is 13.0. The third-order valence-electron chi connectivity index (χ3n) is 5.01. The van der Waals surface area contributed by atoms with Crippen molar-refractivity contribution in [2.75, 3.05) is 19.1 Å². The number of hydrogen-bond donors (Lipinski definition) is 2. The Balaban J connectivity index is 1.76. The van der Waals surface area contributed by atoms with E-state index in [-0.39, 0.29) is 18.5 Å². The number of aromatic nitrogens is 3. The van der Waals surface area contributed by atoms with Crippen LogP contribution in [0.3, 0.4) is 0 Å². The van der Waals surface area contributed by atoms with Gasteiger partial charge >= 0.3 is 0 Å². The van der Waals surface area contributed by atoms with Crippen LogP contribution in [0, 0.1) is 5.92 Å². The summed E-state index contributed by atoms with van der Waals surface area (Å²) in [5.74, 6) is 1.61. The van der Waals surface area contributed by atoms with Crippen LogP contribution in [0.5, 0.6) is 11.5 Å². The van der Waals surface area contributed by atoms with Crippen LogP contribution in [0.2, 0.25) is 0 Å². The fraction of sp³-hybridized carbons (Fsp3) is 0.227. The molecule has 3 N–H and O–H groups in total. The van der Waals surface area contributed by atoms with E-state index in [0.29, 0.717) is 51.9 Å². The fourth-order valence-electron chi connectivity index (χ4n) is 3.56. The molecule has 8 nitrogen and oxygen atoms in total. The molecule has 2 aromatic heterocycles. The molecule has 0 bridgehead atoms. The van der Waals surface area contributed by atoms with Gasteiger partial charge in [-0.05, 0) is 30.2 Å². The molecule has 0 atom stereocenters. The van der Waals surface area contributed by atoms with E-state index in [1.165, 1.54) is 0 Å². The molecule has 2 aromatic carbocycles. The number of amides is 1. The van der Waals surface area contributed by atoms with Crippen molar-refractivity contribution in [3.05, 3.63) is 48.0 Å². The molecular formula is C22H21N5O3. The number of hydrogen-bond acceptors (Lipinski definition) is 6. The molecule has 3 heterocycles. The number of nitrogen functional groups attached to an aromatic ring is 1. The van der Waals surface area contributed by atoms with Gasteiger partial charge in [0.2, 0.25) is 6.79 Å². The molecular weight excluding hydrogens is 382 g/mol. The maximum absolute atomic E-state index is 13.0. The molecule has 1 aliphatic rings. The molecule has 8 heteroatoms. The van der Waals surface area contributed by atoms with Gasteiger partial charge in [0.15, 0.2) is 17.1 Å². The summed E-state index contributed by atoms with van der Waals surface area (Å²) in [7, 11) is 0. The van der Waals surface area contributed by atoms with Crippen LogP contribution in [0.4, 0.5) is 5.82 Å². The second-order valence-electron chi connectivity index (χ2n) is 7.62. The summed E-state index contributed by atoms with van der Waals surface area (Å²) in [6.45, 7) is 4.78. The van der Waals surface area contributed by atoms with Gasteiger partial charge in [0.1, 0.15) is 16.9 Å². The predicted octanol–water partition coefficient (Wildman–Crippen LogP) is 3.27. The van der Waals surface area contributed by atoms with Crippen molar-refractivity contribution in [2.24, 2.45) is 5.92 Å². The molecule has 0 aliphatic carbocycles. The van der Waals surface area contributed by atoms with Gasteiger partial charge in [0.25, 0.3) is 5.91 Å². The number of carbonyl (C=O) groups excluding carboxylic acids is 1. The van der Waals surface area contributed by atoms with Crippen LogP contribution in [0.25, 0.3) is 27.9 Å². The minimum absolute atomic E-state index is 0.175. The summed E-state index contributed by atoms with van der Waals surface area (Å²) in [6, 6.07) is 13.0. The largest absolute Gasteiger partial charge is 0.454 e. The van der Waals surface area contributed by atoms with Crippen molar-refractivity contribution in [1.82, 2.24) is 19.9 Å². The number of fused-ring (bicyclic) bond motifs is 3. The summed E-state index contributed by atoms with van der Waals surface area (Å²) >= 11 is 0. The topological polar surface area (TPSA) is 104 Å². The number of benzene rings is 2. The molecule has 4 aromatic rings. The number of rotatable bonds is 4. The molecule has 5 rings (SSSR count). The maximum Gasteiger partial charge on any atom is 0.257 e. The zero-order valence-electron chi connectivity index (χ0n) is 16.7. The van der Waals surface area contributed by atoms with Crippen LogP contribution in [0.1, 0.15) is 24.2 Å². The fourth-order valence-corrected chi connectivity index (χ4v) is 3.56. The third-order valence-corrected chi connectivity index (χ3v) is 5.01. The van der Waals surface area contributed by atoms with Crippen LogP contribution in [-0.4, -0.2) is 33.8 Å². The number of nitrogens with zero attached hydrogens (tertiary/aromatic N) is 3. The highest BCUT2D eigenvalue weighted by molar-refractivity contribution is 6.11. The quantitative estimate of drug-likeness (QED) is 0.542. The second-order valence-corrected chi connectivity index (χ2v) is 7.62. The summed E-state index contributed by atoms with van der Waals surface area (Å²) in [4.78, 5) is 22.5. The number of anilines is 1. The van der Waals surface area contributed by atoms with Gasteiger partial charge in [-0.15, -0.1) is 0 Å². The average Bonchev–Trinajstić information content (AvgIpc) is 3.31. The van der Waals surface area contributed by atoms with Gasteiger partial charge in [0.05, 0.1) is 16.7 Å². The highest BCUT2D eigenvalue weighted by atomic mass is 16.7. The lowest BCUT2D eigenvalue weighted by molar-refractivity contribution is 0.0951. The van der Waals surface area contributed by atoms with Crippen LogP contribution >= 0.6 is 0 Å². The highest BCUT2D eigenvalue weighted by Crippen LogP contribution is 2.37. The first-order valence-electron chi connectivity index (χ1n) is 9.78. The van der Waals surface area contributed by atoms with Crippen LogP contribution in [0.15, 0.2) is 42.5 Å². The molecule has 0 unspecified atom stereocenters. The van der Waals surface area contributed by atoms with E-state index in [1.807, 2.05) is 56.3 Å². The molecule has 30 heavy (non-hydrogen) atoms. The van der Waals surface area contributed by atoms with E-state index in [9.17, 15) is 4.79 Å². The number of carbonyl (C=O) groups is 1. The summed E-state index contributed by atoms with van der Waals surface area (Å²) in [5.41, 5.74) is 9.95. The minimum atomic E-state index is -0.268. The van der Waals surface area contributed by atoms with Crippen molar-refractivity contribution in [1.29, 1.82) is 0 Å². The molecule has 1 amide bonds. The average molecular weight is 403 g/mol. The van der Waals surface area contributed by atoms with Crippen LogP contribution < -0.4 is 20.5 Å². The van der Waals surface area contributed by atoms with Gasteiger partial charge in [-0.3, -0.25) is 9.36 Å². The summed E-state index contributed by atoms with van der Waals surface area (Å²) < 4.78 is 12.7. The standard InChI is InChI=1S/C22H21N5O3/c1-12(2)10-24-22(28)18-19-21(26-15-6-4-3-5-14(15)25-19)27(20(18)23)13-7-8-16-17(9-13)30-11-29-16/h3-9,12H,10-11,23H2,1-2H3,(H,24,28). The Bertz CT molecular complexity index is 1300. The SMILES string of the molecule is CC(C)CNC(=O)c1c(N)n(-c2ccc3c(c2)OCO3)c2nc3ccccc3nc12. The van der Waals surface area contributed by atoms with E-state index >= 15 is 0 Å². The zero-order chi connectivity index (χ0) is 20.8. The third kappa shape index (κ3) is 2.88. The van der Waals surface area contributed by atoms with Crippen molar-refractivity contribution in [2.45, 2.75) is 13.8 Å². The number of nitrogens with one attached hydrogen (secondary N) is 1. The van der Waals surface area contributed by atoms with Gasteiger partial charge in [0, 0.05) is 12.6 Å². The minimum Gasteiger partial charge on any atom is -0.454 e. The highest BCUT2D eigenvalue weighted by Gasteiger charge is 2.26. The number of para-hydroxylation sites is 2. The zero-order valence-corrected chi connectivity index (χ0v) is 16.7. The van der Waals surface area contributed by atoms with Gasteiger partial charge < -0.3 is 20.5 Å². The van der Waals surface area contributed by atoms with Crippen molar-refractivity contribution >= 4 is 33.9 Å². The molecule has 0 saturated carbocycles. The Morgan fingerprint density at radius 3 is 2.63 bits per heavy atom. The first-order valence-corrected chi connectivity index (χ1v) is 9.78. The molecule has 1 aliphatic heterocycles. The monoisotopic (exact) mass is 403 g/mol.